The van der Waals surface area contributed by atoms with E-state index in [9.17, 15) is 4.79 Å². The number of anilines is 1. The van der Waals surface area contributed by atoms with Crippen LogP contribution in [0, 0.1) is 5.92 Å². The Labute approximate surface area is 110 Å². The third kappa shape index (κ3) is 3.43. The molecule has 1 fully saturated rings. The third-order valence-corrected chi connectivity index (χ3v) is 3.34. The Morgan fingerprint density at radius 1 is 1.59 bits per heavy atom. The van der Waals surface area contributed by atoms with Crippen LogP contribution in [0.5, 0.6) is 0 Å². The van der Waals surface area contributed by atoms with Crippen molar-refractivity contribution in [3.8, 4) is 0 Å². The van der Waals surface area contributed by atoms with Crippen molar-refractivity contribution >= 4 is 27.8 Å². The minimum Gasteiger partial charge on any atom is -0.324 e. The van der Waals surface area contributed by atoms with E-state index >= 15 is 0 Å². The molecule has 1 unspecified atom stereocenters. The highest BCUT2D eigenvalue weighted by molar-refractivity contribution is 9.10. The number of rotatable bonds is 1. The van der Waals surface area contributed by atoms with E-state index in [-0.39, 0.29) is 6.03 Å². The first kappa shape index (κ1) is 12.4. The van der Waals surface area contributed by atoms with Gasteiger partial charge in [0.2, 0.25) is 0 Å². The van der Waals surface area contributed by atoms with Crippen molar-refractivity contribution in [2.24, 2.45) is 5.92 Å². The van der Waals surface area contributed by atoms with Gasteiger partial charge in [-0.3, -0.25) is 5.32 Å². The topological polar surface area (TPSA) is 45.2 Å². The monoisotopic (exact) mass is 297 g/mol. The molecule has 5 heteroatoms. The number of hydrogen-bond acceptors (Lipinski definition) is 2. The fourth-order valence-electron chi connectivity index (χ4n) is 2.04. The molecule has 4 nitrogen and oxygen atoms in total. The Hall–Kier alpha value is -1.10. The van der Waals surface area contributed by atoms with Gasteiger partial charge in [0, 0.05) is 13.1 Å². The number of nitrogens with one attached hydrogen (secondary N) is 1. The Kier molecular flexibility index (Phi) is 3.99. The number of piperidine rings is 1. The number of hydrogen-bond donors (Lipinski definition) is 1. The van der Waals surface area contributed by atoms with Crippen molar-refractivity contribution in [2.75, 3.05) is 18.4 Å². The number of halogens is 1. The van der Waals surface area contributed by atoms with Gasteiger partial charge in [0.25, 0.3) is 0 Å². The van der Waals surface area contributed by atoms with E-state index in [2.05, 4.69) is 33.2 Å². The minimum atomic E-state index is -0.0536. The molecule has 2 heterocycles. The number of amides is 2. The predicted molar refractivity (Wildman–Crippen MR) is 70.9 cm³/mol. The molecule has 0 aliphatic carbocycles. The smallest absolute Gasteiger partial charge is 0.323 e. The van der Waals surface area contributed by atoms with Crippen molar-refractivity contribution in [1.82, 2.24) is 9.88 Å². The van der Waals surface area contributed by atoms with Crippen LogP contribution in [-0.4, -0.2) is 29.0 Å². The van der Waals surface area contributed by atoms with Crippen LogP contribution in [-0.2, 0) is 0 Å². The Morgan fingerprint density at radius 2 is 2.41 bits per heavy atom. The van der Waals surface area contributed by atoms with Gasteiger partial charge in [0.1, 0.15) is 10.4 Å². The maximum Gasteiger partial charge on any atom is 0.323 e. The first-order valence-corrected chi connectivity index (χ1v) is 6.63. The van der Waals surface area contributed by atoms with E-state index < -0.39 is 0 Å². The molecule has 1 aliphatic heterocycles. The first-order valence-electron chi connectivity index (χ1n) is 5.83. The molecule has 1 aromatic rings. The zero-order valence-electron chi connectivity index (χ0n) is 9.82. The number of aromatic nitrogens is 1. The molecule has 2 rings (SSSR count). The summed E-state index contributed by atoms with van der Waals surface area (Å²) < 4.78 is 0.724. The van der Waals surface area contributed by atoms with Gasteiger partial charge >= 0.3 is 6.03 Å². The molecule has 0 spiro atoms. The van der Waals surface area contributed by atoms with E-state index in [1.165, 1.54) is 6.42 Å². The summed E-state index contributed by atoms with van der Waals surface area (Å²) in [4.78, 5) is 18.0. The Balaban J connectivity index is 1.96. The van der Waals surface area contributed by atoms with E-state index in [0.29, 0.717) is 11.7 Å². The van der Waals surface area contributed by atoms with Crippen LogP contribution in [0.3, 0.4) is 0 Å². The Morgan fingerprint density at radius 3 is 3.12 bits per heavy atom. The Bertz CT molecular complexity index is 410. The molecular formula is C12H16BrN3O. The van der Waals surface area contributed by atoms with Crippen LogP contribution < -0.4 is 5.32 Å². The molecule has 0 aromatic carbocycles. The maximum atomic E-state index is 12.0. The second-order valence-corrected chi connectivity index (χ2v) is 5.28. The zero-order chi connectivity index (χ0) is 12.3. The van der Waals surface area contributed by atoms with Crippen molar-refractivity contribution in [2.45, 2.75) is 19.8 Å². The SMILES string of the molecule is CC1CCCN(C(=O)Nc2cccc(Br)n2)C1. The van der Waals surface area contributed by atoms with Gasteiger partial charge in [0.15, 0.2) is 0 Å². The molecule has 1 saturated heterocycles. The van der Waals surface area contributed by atoms with Crippen molar-refractivity contribution in [3.63, 3.8) is 0 Å². The second kappa shape index (κ2) is 5.49. The lowest BCUT2D eigenvalue weighted by atomic mass is 10.0. The molecule has 1 aromatic heterocycles. The molecular weight excluding hydrogens is 282 g/mol. The van der Waals surface area contributed by atoms with Crippen LogP contribution in [0.4, 0.5) is 10.6 Å². The molecule has 17 heavy (non-hydrogen) atoms. The summed E-state index contributed by atoms with van der Waals surface area (Å²) in [7, 11) is 0. The summed E-state index contributed by atoms with van der Waals surface area (Å²) in [5.74, 6) is 1.17. The summed E-state index contributed by atoms with van der Waals surface area (Å²) in [5.41, 5.74) is 0. The minimum absolute atomic E-state index is 0.0536. The van der Waals surface area contributed by atoms with Gasteiger partial charge in [-0.15, -0.1) is 0 Å². The molecule has 1 aliphatic rings. The van der Waals surface area contributed by atoms with Crippen LogP contribution in [0.25, 0.3) is 0 Å². The predicted octanol–water partition coefficient (Wildman–Crippen LogP) is 3.11. The highest BCUT2D eigenvalue weighted by Gasteiger charge is 2.20. The lowest BCUT2D eigenvalue weighted by molar-refractivity contribution is 0.182. The van der Waals surface area contributed by atoms with Gasteiger partial charge in [-0.05, 0) is 46.8 Å². The summed E-state index contributed by atoms with van der Waals surface area (Å²) >= 11 is 3.28. The standard InChI is InChI=1S/C12H16BrN3O/c1-9-4-3-7-16(8-9)12(17)15-11-6-2-5-10(13)14-11/h2,5-6,9H,3-4,7-8H2,1H3,(H,14,15,17). The fraction of sp³-hybridized carbons (Fsp3) is 0.500. The maximum absolute atomic E-state index is 12.0. The largest absolute Gasteiger partial charge is 0.324 e. The average Bonchev–Trinajstić information content (AvgIpc) is 2.29. The molecule has 0 bridgehead atoms. The van der Waals surface area contributed by atoms with Gasteiger partial charge in [-0.25, -0.2) is 9.78 Å². The van der Waals surface area contributed by atoms with E-state index in [1.807, 2.05) is 17.0 Å². The summed E-state index contributed by atoms with van der Waals surface area (Å²) in [6.45, 7) is 3.85. The number of urea groups is 1. The number of pyridine rings is 1. The molecule has 92 valence electrons. The molecule has 0 radical (unpaired) electrons. The lowest BCUT2D eigenvalue weighted by Crippen LogP contribution is -2.41. The molecule has 1 N–H and O–H groups in total. The van der Waals surface area contributed by atoms with Crippen LogP contribution in [0.1, 0.15) is 19.8 Å². The zero-order valence-corrected chi connectivity index (χ0v) is 11.4. The normalized spacial score (nSPS) is 20.1. The summed E-state index contributed by atoms with van der Waals surface area (Å²) in [6, 6.07) is 5.42. The number of nitrogens with zero attached hydrogens (tertiary/aromatic N) is 2. The molecule has 0 saturated carbocycles. The van der Waals surface area contributed by atoms with Gasteiger partial charge in [0.05, 0.1) is 0 Å². The number of carbonyl (C=O) groups excluding carboxylic acids is 1. The van der Waals surface area contributed by atoms with E-state index in [4.69, 9.17) is 0 Å². The molecule has 2 amide bonds. The quantitative estimate of drug-likeness (QED) is 0.810. The van der Waals surface area contributed by atoms with Crippen LogP contribution >= 0.6 is 15.9 Å². The highest BCUT2D eigenvalue weighted by atomic mass is 79.9. The van der Waals surface area contributed by atoms with E-state index in [1.54, 1.807) is 6.07 Å². The van der Waals surface area contributed by atoms with Crippen molar-refractivity contribution in [1.29, 1.82) is 0 Å². The van der Waals surface area contributed by atoms with Crippen LogP contribution in [0.15, 0.2) is 22.8 Å². The summed E-state index contributed by atoms with van der Waals surface area (Å²) in [6.07, 6.45) is 2.29. The fourth-order valence-corrected chi connectivity index (χ4v) is 2.38. The van der Waals surface area contributed by atoms with Crippen LogP contribution in [0.2, 0.25) is 0 Å². The van der Waals surface area contributed by atoms with Gasteiger partial charge in [-0.1, -0.05) is 13.0 Å². The van der Waals surface area contributed by atoms with Gasteiger partial charge < -0.3 is 4.90 Å². The first-order chi connectivity index (χ1) is 8.15. The second-order valence-electron chi connectivity index (χ2n) is 4.47. The molecule has 1 atom stereocenters. The number of carbonyl (C=O) groups is 1. The third-order valence-electron chi connectivity index (χ3n) is 2.89. The van der Waals surface area contributed by atoms with E-state index in [0.717, 1.165) is 24.1 Å². The van der Waals surface area contributed by atoms with Gasteiger partial charge in [-0.2, -0.15) is 0 Å². The number of likely N-dealkylation sites (tertiary alicyclic amines) is 1. The average molecular weight is 298 g/mol. The summed E-state index contributed by atoms with van der Waals surface area (Å²) in [5, 5.41) is 2.82. The highest BCUT2D eigenvalue weighted by Crippen LogP contribution is 2.17. The lowest BCUT2D eigenvalue weighted by Gasteiger charge is -2.30. The van der Waals surface area contributed by atoms with Crippen molar-refractivity contribution < 1.29 is 4.79 Å². The van der Waals surface area contributed by atoms with Crippen molar-refractivity contribution in [3.05, 3.63) is 22.8 Å².